The summed E-state index contributed by atoms with van der Waals surface area (Å²) in [6, 6.07) is 2.30. The lowest BCUT2D eigenvalue weighted by Crippen LogP contribution is -2.45. The number of aromatic carboxylic acids is 1. The van der Waals surface area contributed by atoms with Gasteiger partial charge in [0.15, 0.2) is 0 Å². The molecule has 0 saturated heterocycles. The molecule has 0 bridgehead atoms. The Morgan fingerprint density at radius 3 is 2.18 bits per heavy atom. The second-order valence-electron chi connectivity index (χ2n) is 5.53. The van der Waals surface area contributed by atoms with E-state index in [1.54, 1.807) is 13.8 Å². The van der Waals surface area contributed by atoms with Crippen LogP contribution in [0, 0.1) is 5.92 Å². The topological polar surface area (TPSA) is 112 Å². The summed E-state index contributed by atoms with van der Waals surface area (Å²) in [5.74, 6) is -3.98. The predicted octanol–water partition coefficient (Wildman–Crippen LogP) is 1.48. The van der Waals surface area contributed by atoms with Crippen molar-refractivity contribution in [3.05, 3.63) is 34.9 Å². The molecular weight excluding hydrogens is 290 g/mol. The van der Waals surface area contributed by atoms with Crippen LogP contribution in [0.25, 0.3) is 0 Å². The Balaban J connectivity index is 2.45. The average molecular weight is 305 g/mol. The van der Waals surface area contributed by atoms with Gasteiger partial charge < -0.3 is 10.2 Å². The summed E-state index contributed by atoms with van der Waals surface area (Å²) in [6.45, 7) is 3.58. The fourth-order valence-electron chi connectivity index (χ4n) is 2.44. The number of fused-ring (bicyclic) bond motifs is 1. The number of nitrogens with zero attached hydrogens (tertiary/aromatic N) is 1. The number of carbonyl (C=O) groups excluding carboxylic acids is 2. The van der Waals surface area contributed by atoms with Crippen LogP contribution in [0.2, 0.25) is 0 Å². The van der Waals surface area contributed by atoms with E-state index in [-0.39, 0.29) is 29.0 Å². The van der Waals surface area contributed by atoms with Crippen molar-refractivity contribution in [2.75, 3.05) is 0 Å². The van der Waals surface area contributed by atoms with Gasteiger partial charge in [0.1, 0.15) is 6.04 Å². The summed E-state index contributed by atoms with van der Waals surface area (Å²) in [4.78, 5) is 47.7. The van der Waals surface area contributed by atoms with Crippen molar-refractivity contribution in [1.82, 2.24) is 4.90 Å². The molecule has 1 aliphatic heterocycles. The molecule has 1 aliphatic rings. The van der Waals surface area contributed by atoms with Gasteiger partial charge in [-0.1, -0.05) is 13.8 Å². The van der Waals surface area contributed by atoms with E-state index in [0.29, 0.717) is 4.90 Å². The van der Waals surface area contributed by atoms with Crippen LogP contribution >= 0.6 is 0 Å². The summed E-state index contributed by atoms with van der Waals surface area (Å²) in [5.41, 5.74) is -0.164. The summed E-state index contributed by atoms with van der Waals surface area (Å²) in [5, 5.41) is 18.2. The number of benzene rings is 1. The Hall–Kier alpha value is -2.70. The zero-order valence-corrected chi connectivity index (χ0v) is 12.1. The average Bonchev–Trinajstić information content (AvgIpc) is 2.67. The molecule has 0 spiro atoms. The van der Waals surface area contributed by atoms with E-state index in [1.807, 2.05) is 0 Å². The molecule has 2 amide bonds. The van der Waals surface area contributed by atoms with Gasteiger partial charge in [0, 0.05) is 0 Å². The van der Waals surface area contributed by atoms with E-state index in [1.165, 1.54) is 12.1 Å². The molecule has 1 atom stereocenters. The highest BCUT2D eigenvalue weighted by atomic mass is 16.4. The molecule has 2 N–H and O–H groups in total. The minimum Gasteiger partial charge on any atom is -0.480 e. The molecule has 0 aliphatic carbocycles. The number of hydrogen-bond acceptors (Lipinski definition) is 4. The van der Waals surface area contributed by atoms with Gasteiger partial charge in [-0.2, -0.15) is 0 Å². The molecule has 7 nitrogen and oxygen atoms in total. The molecule has 7 heteroatoms. The predicted molar refractivity (Wildman–Crippen MR) is 74.8 cm³/mol. The SMILES string of the molecule is CC(C)CC(C(=O)O)N1C(=O)c2ccc(C(=O)O)cc2C1=O. The molecule has 0 aromatic heterocycles. The van der Waals surface area contributed by atoms with Crippen LogP contribution in [0.4, 0.5) is 0 Å². The highest BCUT2D eigenvalue weighted by molar-refractivity contribution is 6.23. The van der Waals surface area contributed by atoms with Gasteiger partial charge >= 0.3 is 11.9 Å². The van der Waals surface area contributed by atoms with E-state index >= 15 is 0 Å². The fourth-order valence-corrected chi connectivity index (χ4v) is 2.44. The Labute approximate surface area is 126 Å². The summed E-state index contributed by atoms with van der Waals surface area (Å²) < 4.78 is 0. The number of carbonyl (C=O) groups is 4. The van der Waals surface area contributed by atoms with Crippen LogP contribution in [0.3, 0.4) is 0 Å². The lowest BCUT2D eigenvalue weighted by Gasteiger charge is -2.23. The lowest BCUT2D eigenvalue weighted by atomic mass is 10.0. The van der Waals surface area contributed by atoms with Gasteiger partial charge in [-0.15, -0.1) is 0 Å². The van der Waals surface area contributed by atoms with E-state index in [2.05, 4.69) is 0 Å². The summed E-state index contributed by atoms with van der Waals surface area (Å²) in [7, 11) is 0. The Bertz CT molecular complexity index is 679. The number of amides is 2. The van der Waals surface area contributed by atoms with Crippen LogP contribution in [-0.4, -0.2) is 44.9 Å². The van der Waals surface area contributed by atoms with Gasteiger partial charge in [-0.25, -0.2) is 9.59 Å². The van der Waals surface area contributed by atoms with Crippen molar-refractivity contribution in [2.45, 2.75) is 26.3 Å². The van der Waals surface area contributed by atoms with Gasteiger partial charge in [0.05, 0.1) is 16.7 Å². The van der Waals surface area contributed by atoms with Crippen LogP contribution in [0.1, 0.15) is 51.3 Å². The molecule has 0 saturated carbocycles. The van der Waals surface area contributed by atoms with E-state index in [4.69, 9.17) is 5.11 Å². The van der Waals surface area contributed by atoms with Crippen molar-refractivity contribution in [3.8, 4) is 0 Å². The van der Waals surface area contributed by atoms with Crippen LogP contribution in [0.15, 0.2) is 18.2 Å². The van der Waals surface area contributed by atoms with Crippen LogP contribution < -0.4 is 0 Å². The Morgan fingerprint density at radius 2 is 1.68 bits per heavy atom. The first-order chi connectivity index (χ1) is 10.2. The quantitative estimate of drug-likeness (QED) is 0.797. The third-order valence-corrected chi connectivity index (χ3v) is 3.46. The highest BCUT2D eigenvalue weighted by Gasteiger charge is 2.43. The number of imide groups is 1. The maximum atomic E-state index is 12.4. The van der Waals surface area contributed by atoms with Gasteiger partial charge in [0.25, 0.3) is 11.8 Å². The maximum Gasteiger partial charge on any atom is 0.335 e. The molecule has 1 unspecified atom stereocenters. The first-order valence-electron chi connectivity index (χ1n) is 6.72. The molecule has 1 aromatic rings. The van der Waals surface area contributed by atoms with Crippen molar-refractivity contribution in [1.29, 1.82) is 0 Å². The molecule has 1 aromatic carbocycles. The minimum absolute atomic E-state index is 0.0278. The molecular formula is C15H15NO6. The molecule has 0 fully saturated rings. The zero-order valence-electron chi connectivity index (χ0n) is 12.1. The van der Waals surface area contributed by atoms with E-state index < -0.39 is 29.8 Å². The second-order valence-corrected chi connectivity index (χ2v) is 5.53. The highest BCUT2D eigenvalue weighted by Crippen LogP contribution is 2.28. The Morgan fingerprint density at radius 1 is 1.09 bits per heavy atom. The van der Waals surface area contributed by atoms with Crippen LogP contribution in [-0.2, 0) is 4.79 Å². The van der Waals surface area contributed by atoms with E-state index in [9.17, 15) is 24.3 Å². The maximum absolute atomic E-state index is 12.4. The Kier molecular flexibility index (Phi) is 3.99. The normalized spacial score (nSPS) is 15.1. The molecule has 1 heterocycles. The second kappa shape index (κ2) is 5.59. The molecule has 22 heavy (non-hydrogen) atoms. The van der Waals surface area contributed by atoms with Gasteiger partial charge in [0.2, 0.25) is 0 Å². The lowest BCUT2D eigenvalue weighted by molar-refractivity contribution is -0.142. The molecule has 0 radical (unpaired) electrons. The number of carboxylic acid groups (broad SMARTS) is 2. The van der Waals surface area contributed by atoms with Crippen molar-refractivity contribution >= 4 is 23.8 Å². The molecule has 116 valence electrons. The van der Waals surface area contributed by atoms with Gasteiger partial charge in [-0.05, 0) is 30.5 Å². The minimum atomic E-state index is -1.26. The number of aliphatic carboxylic acids is 1. The van der Waals surface area contributed by atoms with Crippen molar-refractivity contribution in [2.24, 2.45) is 5.92 Å². The van der Waals surface area contributed by atoms with Crippen molar-refractivity contribution < 1.29 is 29.4 Å². The standard InChI is InChI=1S/C15H15NO6/c1-7(2)5-11(15(21)22)16-12(17)9-4-3-8(14(19)20)6-10(9)13(16)18/h3-4,6-7,11H,5H2,1-2H3,(H,19,20)(H,21,22). The number of carboxylic acids is 2. The van der Waals surface area contributed by atoms with Gasteiger partial charge in [-0.3, -0.25) is 14.5 Å². The monoisotopic (exact) mass is 305 g/mol. The molecule has 2 rings (SSSR count). The summed E-state index contributed by atoms with van der Waals surface area (Å²) >= 11 is 0. The number of hydrogen-bond donors (Lipinski definition) is 2. The third-order valence-electron chi connectivity index (χ3n) is 3.46. The largest absolute Gasteiger partial charge is 0.480 e. The smallest absolute Gasteiger partial charge is 0.335 e. The fraction of sp³-hybridized carbons (Fsp3) is 0.333. The first kappa shape index (κ1) is 15.7. The zero-order chi connectivity index (χ0) is 16.6. The van der Waals surface area contributed by atoms with Crippen molar-refractivity contribution in [3.63, 3.8) is 0 Å². The summed E-state index contributed by atoms with van der Waals surface area (Å²) in [6.07, 6.45) is 0.132. The third kappa shape index (κ3) is 2.57. The van der Waals surface area contributed by atoms with E-state index in [0.717, 1.165) is 6.07 Å². The van der Waals surface area contributed by atoms with Crippen LogP contribution in [0.5, 0.6) is 0 Å². The number of rotatable bonds is 5. The first-order valence-corrected chi connectivity index (χ1v) is 6.72.